The van der Waals surface area contributed by atoms with Crippen molar-refractivity contribution in [2.75, 3.05) is 13.1 Å². The topological polar surface area (TPSA) is 61.4 Å². The van der Waals surface area contributed by atoms with Gasteiger partial charge in [0.1, 0.15) is 0 Å². The maximum Gasteiger partial charge on any atom is 0.237 e. The van der Waals surface area contributed by atoms with Crippen LogP contribution >= 0.6 is 0 Å². The summed E-state index contributed by atoms with van der Waals surface area (Å²) in [7, 11) is 0. The van der Waals surface area contributed by atoms with Gasteiger partial charge in [-0.1, -0.05) is 6.08 Å². The Bertz CT molecular complexity index is 243. The van der Waals surface area contributed by atoms with Gasteiger partial charge in [0, 0.05) is 6.54 Å². The number of aliphatic hydroxyl groups excluding tert-OH is 1. The fourth-order valence-electron chi connectivity index (χ4n) is 2.00. The number of carbonyl (C=O) groups is 1. The minimum atomic E-state index is -0.183. The van der Waals surface area contributed by atoms with Gasteiger partial charge in [-0.3, -0.25) is 4.79 Å². The Morgan fingerprint density at radius 3 is 2.94 bits per heavy atom. The van der Waals surface area contributed by atoms with Crippen molar-refractivity contribution in [2.45, 2.75) is 38.3 Å². The highest BCUT2D eigenvalue weighted by Crippen LogP contribution is 2.24. The second kappa shape index (κ2) is 6.66. The zero-order chi connectivity index (χ0) is 12.0. The summed E-state index contributed by atoms with van der Waals surface area (Å²) in [6.07, 6.45) is 4.32. The largest absolute Gasteiger partial charge is 0.393 e. The quantitative estimate of drug-likeness (QED) is 0.576. The first-order valence-electron chi connectivity index (χ1n) is 5.93. The number of hydrogen-bond acceptors (Lipinski definition) is 3. The first kappa shape index (κ1) is 13.2. The highest BCUT2D eigenvalue weighted by Gasteiger charge is 2.23. The molecule has 0 spiro atoms. The zero-order valence-corrected chi connectivity index (χ0v) is 9.91. The maximum absolute atomic E-state index is 11.5. The summed E-state index contributed by atoms with van der Waals surface area (Å²) in [6, 6.07) is -0.183. The molecule has 4 heteroatoms. The molecule has 0 heterocycles. The Morgan fingerprint density at radius 2 is 2.38 bits per heavy atom. The molecule has 3 unspecified atom stereocenters. The second-order valence-electron chi connectivity index (χ2n) is 4.50. The van der Waals surface area contributed by atoms with Crippen LogP contribution < -0.4 is 10.6 Å². The van der Waals surface area contributed by atoms with Crippen LogP contribution in [0.1, 0.15) is 26.2 Å². The standard InChI is InChI=1S/C12H22N2O2/c1-3-6-13-12(16)9(2)14-8-10-4-5-11(15)7-10/h3,9-11,14-15H,1,4-8H2,2H3,(H,13,16). The lowest BCUT2D eigenvalue weighted by Gasteiger charge is -2.16. The summed E-state index contributed by atoms with van der Waals surface area (Å²) in [5, 5.41) is 15.3. The average Bonchev–Trinajstić information content (AvgIpc) is 2.68. The summed E-state index contributed by atoms with van der Waals surface area (Å²) < 4.78 is 0. The molecule has 0 saturated heterocycles. The lowest BCUT2D eigenvalue weighted by molar-refractivity contribution is -0.122. The average molecular weight is 226 g/mol. The molecular weight excluding hydrogens is 204 g/mol. The lowest BCUT2D eigenvalue weighted by Crippen LogP contribution is -2.43. The van der Waals surface area contributed by atoms with Crippen molar-refractivity contribution < 1.29 is 9.90 Å². The predicted octanol–water partition coefficient (Wildman–Crippen LogP) is 0.428. The van der Waals surface area contributed by atoms with Crippen LogP contribution in [0.5, 0.6) is 0 Å². The van der Waals surface area contributed by atoms with Crippen LogP contribution in [0.3, 0.4) is 0 Å². The first-order chi connectivity index (χ1) is 7.63. The van der Waals surface area contributed by atoms with Gasteiger partial charge in [-0.2, -0.15) is 0 Å². The number of carbonyl (C=O) groups excluding carboxylic acids is 1. The number of nitrogens with one attached hydrogen (secondary N) is 2. The molecule has 1 saturated carbocycles. The van der Waals surface area contributed by atoms with Crippen LogP contribution in [0.4, 0.5) is 0 Å². The molecule has 0 aliphatic heterocycles. The smallest absolute Gasteiger partial charge is 0.237 e. The van der Waals surface area contributed by atoms with Crippen LogP contribution in [0, 0.1) is 5.92 Å². The molecule has 0 bridgehead atoms. The molecule has 0 radical (unpaired) electrons. The van der Waals surface area contributed by atoms with Crippen molar-refractivity contribution in [1.29, 1.82) is 0 Å². The van der Waals surface area contributed by atoms with Crippen molar-refractivity contribution in [1.82, 2.24) is 10.6 Å². The number of amides is 1. The molecule has 4 nitrogen and oxygen atoms in total. The molecule has 1 aliphatic carbocycles. The van der Waals surface area contributed by atoms with Gasteiger partial charge in [0.25, 0.3) is 0 Å². The minimum Gasteiger partial charge on any atom is -0.393 e. The SMILES string of the molecule is C=CCNC(=O)C(C)NCC1CCC(O)C1. The summed E-state index contributed by atoms with van der Waals surface area (Å²) in [4.78, 5) is 11.5. The highest BCUT2D eigenvalue weighted by atomic mass is 16.3. The van der Waals surface area contributed by atoms with Gasteiger partial charge in [0.15, 0.2) is 0 Å². The Kier molecular flexibility index (Phi) is 5.49. The van der Waals surface area contributed by atoms with Gasteiger partial charge in [0.05, 0.1) is 12.1 Å². The highest BCUT2D eigenvalue weighted by molar-refractivity contribution is 5.81. The van der Waals surface area contributed by atoms with Gasteiger partial charge in [-0.05, 0) is 38.6 Å². The summed E-state index contributed by atoms with van der Waals surface area (Å²) >= 11 is 0. The molecule has 3 N–H and O–H groups in total. The van der Waals surface area contributed by atoms with Gasteiger partial charge in [-0.15, -0.1) is 6.58 Å². The Morgan fingerprint density at radius 1 is 1.62 bits per heavy atom. The zero-order valence-electron chi connectivity index (χ0n) is 9.91. The van der Waals surface area contributed by atoms with E-state index in [0.29, 0.717) is 12.5 Å². The van der Waals surface area contributed by atoms with Crippen molar-refractivity contribution in [3.8, 4) is 0 Å². The van der Waals surface area contributed by atoms with Gasteiger partial charge in [-0.25, -0.2) is 0 Å². The normalized spacial score (nSPS) is 26.4. The van der Waals surface area contributed by atoms with Crippen molar-refractivity contribution in [3.63, 3.8) is 0 Å². The van der Waals surface area contributed by atoms with Crippen LogP contribution in [-0.2, 0) is 4.79 Å². The lowest BCUT2D eigenvalue weighted by atomic mass is 10.1. The van der Waals surface area contributed by atoms with E-state index in [0.717, 1.165) is 25.8 Å². The monoisotopic (exact) mass is 226 g/mol. The van der Waals surface area contributed by atoms with Crippen LogP contribution in [-0.4, -0.2) is 36.2 Å². The first-order valence-corrected chi connectivity index (χ1v) is 5.93. The van der Waals surface area contributed by atoms with E-state index < -0.39 is 0 Å². The molecule has 0 aromatic heterocycles. The van der Waals surface area contributed by atoms with E-state index in [1.807, 2.05) is 6.92 Å². The number of hydrogen-bond donors (Lipinski definition) is 3. The van der Waals surface area contributed by atoms with Crippen molar-refractivity contribution in [3.05, 3.63) is 12.7 Å². The molecule has 0 aromatic carbocycles. The van der Waals surface area contributed by atoms with E-state index in [9.17, 15) is 9.90 Å². The van der Waals surface area contributed by atoms with Crippen molar-refractivity contribution >= 4 is 5.91 Å². The fraction of sp³-hybridized carbons (Fsp3) is 0.750. The van der Waals surface area contributed by atoms with Crippen LogP contribution in [0.25, 0.3) is 0 Å². The third-order valence-electron chi connectivity index (χ3n) is 3.04. The van der Waals surface area contributed by atoms with Crippen molar-refractivity contribution in [2.24, 2.45) is 5.92 Å². The molecule has 1 fully saturated rings. The third-order valence-corrected chi connectivity index (χ3v) is 3.04. The number of rotatable bonds is 6. The van der Waals surface area contributed by atoms with Gasteiger partial charge >= 0.3 is 0 Å². The Labute approximate surface area is 97.1 Å². The van der Waals surface area contributed by atoms with E-state index in [1.54, 1.807) is 6.08 Å². The number of aliphatic hydroxyl groups is 1. The summed E-state index contributed by atoms with van der Waals surface area (Å²) in [6.45, 7) is 6.71. The van der Waals surface area contributed by atoms with E-state index in [4.69, 9.17) is 0 Å². The molecule has 1 aliphatic rings. The third kappa shape index (κ3) is 4.33. The molecule has 1 amide bonds. The van der Waals surface area contributed by atoms with Gasteiger partial charge in [0.2, 0.25) is 5.91 Å². The molecule has 16 heavy (non-hydrogen) atoms. The van der Waals surface area contributed by atoms with E-state index in [2.05, 4.69) is 17.2 Å². The minimum absolute atomic E-state index is 0.00144. The van der Waals surface area contributed by atoms with E-state index in [1.165, 1.54) is 0 Å². The molecule has 3 atom stereocenters. The Balaban J connectivity index is 2.16. The molecule has 0 aromatic rings. The summed E-state index contributed by atoms with van der Waals surface area (Å²) in [5.74, 6) is 0.503. The van der Waals surface area contributed by atoms with E-state index >= 15 is 0 Å². The molecular formula is C12H22N2O2. The van der Waals surface area contributed by atoms with Crippen LogP contribution in [0.2, 0.25) is 0 Å². The fourth-order valence-corrected chi connectivity index (χ4v) is 2.00. The molecule has 1 rings (SSSR count). The molecule has 92 valence electrons. The summed E-state index contributed by atoms with van der Waals surface area (Å²) in [5.41, 5.74) is 0. The van der Waals surface area contributed by atoms with Crippen LogP contribution in [0.15, 0.2) is 12.7 Å². The van der Waals surface area contributed by atoms with E-state index in [-0.39, 0.29) is 18.1 Å². The second-order valence-corrected chi connectivity index (χ2v) is 4.50. The predicted molar refractivity (Wildman–Crippen MR) is 64.0 cm³/mol. The maximum atomic E-state index is 11.5. The van der Waals surface area contributed by atoms with Gasteiger partial charge < -0.3 is 15.7 Å². The Hall–Kier alpha value is -0.870.